The summed E-state index contributed by atoms with van der Waals surface area (Å²) in [6, 6.07) is 4.02. The number of pyridine rings is 1. The summed E-state index contributed by atoms with van der Waals surface area (Å²) in [4.78, 5) is 29.8. The van der Waals surface area contributed by atoms with Crippen molar-refractivity contribution in [3.8, 4) is 0 Å². The monoisotopic (exact) mass is 481 g/mol. The number of nitrogens with one attached hydrogen (secondary N) is 1. The van der Waals surface area contributed by atoms with Gasteiger partial charge in [-0.05, 0) is 38.7 Å². The van der Waals surface area contributed by atoms with Crippen LogP contribution in [0.3, 0.4) is 0 Å². The zero-order chi connectivity index (χ0) is 24.5. The molecule has 3 aromatic rings. The zero-order valence-electron chi connectivity index (χ0n) is 20.2. The lowest BCUT2D eigenvalue weighted by Gasteiger charge is -2.20. The smallest absolute Gasteiger partial charge is 0.227 e. The van der Waals surface area contributed by atoms with E-state index in [0.717, 1.165) is 36.0 Å². The number of alkyl halides is 1. The van der Waals surface area contributed by atoms with Crippen LogP contribution in [0.2, 0.25) is 0 Å². The minimum absolute atomic E-state index is 0.157. The Morgan fingerprint density at radius 2 is 2.06 bits per heavy atom. The number of hydrogen-bond acceptors (Lipinski definition) is 7. The van der Waals surface area contributed by atoms with Crippen molar-refractivity contribution in [3.05, 3.63) is 30.7 Å². The molecule has 2 fully saturated rings. The van der Waals surface area contributed by atoms with Crippen LogP contribution in [-0.4, -0.2) is 62.4 Å². The summed E-state index contributed by atoms with van der Waals surface area (Å²) in [6.45, 7) is 5.99. The topological polar surface area (TPSA) is 99.4 Å². The maximum Gasteiger partial charge on any atom is 0.227 e. The predicted octanol–water partition coefficient (Wildman–Crippen LogP) is 3.97. The van der Waals surface area contributed by atoms with E-state index in [1.165, 1.54) is 0 Å². The van der Waals surface area contributed by atoms with Crippen LogP contribution in [0.5, 0.6) is 0 Å². The van der Waals surface area contributed by atoms with E-state index in [1.54, 1.807) is 12.3 Å². The molecule has 3 atom stereocenters. The summed E-state index contributed by atoms with van der Waals surface area (Å²) >= 11 is 0. The molecule has 10 heteroatoms. The predicted molar refractivity (Wildman–Crippen MR) is 134 cm³/mol. The lowest BCUT2D eigenvalue weighted by atomic mass is 10.1. The molecular weight excluding hydrogens is 449 g/mol. The van der Waals surface area contributed by atoms with Gasteiger partial charge in [0.2, 0.25) is 11.9 Å². The third-order valence-corrected chi connectivity index (χ3v) is 7.10. The van der Waals surface area contributed by atoms with Crippen LogP contribution < -0.4 is 15.1 Å². The Hall–Kier alpha value is -3.27. The summed E-state index contributed by atoms with van der Waals surface area (Å²) < 4.78 is 16.1. The molecule has 1 amide bonds. The molecule has 0 radical (unpaired) electrons. The molecule has 3 aromatic heterocycles. The highest BCUT2D eigenvalue weighted by molar-refractivity contribution is 6.05. The first-order valence-electron chi connectivity index (χ1n) is 12.4. The average molecular weight is 482 g/mol. The summed E-state index contributed by atoms with van der Waals surface area (Å²) in [5.41, 5.74) is 1.93. The van der Waals surface area contributed by atoms with Crippen molar-refractivity contribution in [2.45, 2.75) is 64.3 Å². The quantitative estimate of drug-likeness (QED) is 0.550. The van der Waals surface area contributed by atoms with Crippen LogP contribution in [0.25, 0.3) is 10.9 Å². The number of aliphatic hydroxyl groups excluding tert-OH is 1. The van der Waals surface area contributed by atoms with E-state index in [0.29, 0.717) is 43.5 Å². The van der Waals surface area contributed by atoms with Gasteiger partial charge in [-0.2, -0.15) is 4.98 Å². The molecule has 2 aliphatic heterocycles. The van der Waals surface area contributed by atoms with E-state index in [1.807, 2.05) is 22.1 Å². The van der Waals surface area contributed by atoms with Crippen molar-refractivity contribution in [1.29, 1.82) is 0 Å². The number of anilines is 4. The Morgan fingerprint density at radius 1 is 1.23 bits per heavy atom. The number of rotatable bonds is 6. The highest BCUT2D eigenvalue weighted by Crippen LogP contribution is 2.35. The van der Waals surface area contributed by atoms with Gasteiger partial charge < -0.3 is 24.8 Å². The minimum Gasteiger partial charge on any atom is -0.390 e. The first-order chi connectivity index (χ1) is 16.9. The molecule has 0 aliphatic carbocycles. The molecule has 1 unspecified atom stereocenters. The van der Waals surface area contributed by atoms with Gasteiger partial charge in [0, 0.05) is 62.1 Å². The largest absolute Gasteiger partial charge is 0.390 e. The molecule has 5 heterocycles. The number of nitrogens with zero attached hydrogens (tertiary/aromatic N) is 6. The number of amides is 1. The maximum atomic E-state index is 13.9. The highest BCUT2D eigenvalue weighted by Gasteiger charge is 2.27. The lowest BCUT2D eigenvalue weighted by molar-refractivity contribution is -0.117. The van der Waals surface area contributed by atoms with Crippen LogP contribution in [-0.2, 0) is 4.79 Å². The van der Waals surface area contributed by atoms with Crippen molar-refractivity contribution < 1.29 is 14.3 Å². The minimum atomic E-state index is -1.22. The number of aliphatic hydroxyl groups is 1. The fourth-order valence-corrected chi connectivity index (χ4v) is 4.83. The molecule has 186 valence electrons. The molecule has 2 saturated heterocycles. The SMILES string of the molecule is CCC(C)n1cc(N2CCCC2=O)c2cnc(Nc3ccnc(N4CC[C@@H](O)[C@@H](F)CC4)n3)cc21. The molecule has 0 aromatic carbocycles. The van der Waals surface area contributed by atoms with Gasteiger partial charge in [0.1, 0.15) is 17.8 Å². The van der Waals surface area contributed by atoms with Gasteiger partial charge in [-0.3, -0.25) is 4.79 Å². The molecule has 9 nitrogen and oxygen atoms in total. The third-order valence-electron chi connectivity index (χ3n) is 7.10. The van der Waals surface area contributed by atoms with Gasteiger partial charge >= 0.3 is 0 Å². The summed E-state index contributed by atoms with van der Waals surface area (Å²) in [5, 5.41) is 14.1. The van der Waals surface area contributed by atoms with Crippen molar-refractivity contribution >= 4 is 40.1 Å². The number of aromatic nitrogens is 4. The second-order valence-corrected chi connectivity index (χ2v) is 9.43. The van der Waals surface area contributed by atoms with Crippen LogP contribution in [0.15, 0.2) is 30.7 Å². The van der Waals surface area contributed by atoms with Gasteiger partial charge in [-0.15, -0.1) is 0 Å². The van der Waals surface area contributed by atoms with E-state index in [-0.39, 0.29) is 18.4 Å². The van der Waals surface area contributed by atoms with E-state index >= 15 is 0 Å². The first kappa shape index (κ1) is 23.5. The standard InChI is InChI=1S/C25H32FN7O2/c1-3-16(2)33-15-20(32-10-4-5-24(32)35)17-14-28-23(13-19(17)33)29-22-6-9-27-25(30-22)31-11-7-18(26)21(34)8-12-31/h6,9,13-16,18,21,34H,3-5,7-8,10-12H2,1-2H3,(H,27,28,29,30)/t16?,18-,21+/m0/s1. The molecule has 0 saturated carbocycles. The molecular formula is C25H32FN7O2. The van der Waals surface area contributed by atoms with Gasteiger partial charge in [-0.1, -0.05) is 6.92 Å². The van der Waals surface area contributed by atoms with Gasteiger partial charge in [0.25, 0.3) is 0 Å². The van der Waals surface area contributed by atoms with Crippen LogP contribution in [0.4, 0.5) is 27.7 Å². The normalized spacial score (nSPS) is 22.0. The summed E-state index contributed by atoms with van der Waals surface area (Å²) in [5.74, 6) is 1.87. The Bertz CT molecular complexity index is 1200. The fourth-order valence-electron chi connectivity index (χ4n) is 4.83. The number of fused-ring (bicyclic) bond motifs is 1. The number of halogens is 1. The Kier molecular flexibility index (Phi) is 6.55. The molecule has 2 aliphatic rings. The van der Waals surface area contributed by atoms with Crippen LogP contribution in [0.1, 0.15) is 52.0 Å². The number of carbonyl (C=O) groups excluding carboxylic acids is 1. The van der Waals surface area contributed by atoms with Gasteiger partial charge in [0.05, 0.1) is 17.3 Å². The van der Waals surface area contributed by atoms with E-state index in [9.17, 15) is 14.3 Å². The molecule has 0 bridgehead atoms. The molecule has 35 heavy (non-hydrogen) atoms. The zero-order valence-corrected chi connectivity index (χ0v) is 20.2. The van der Waals surface area contributed by atoms with Crippen molar-refractivity contribution in [3.63, 3.8) is 0 Å². The number of carbonyl (C=O) groups is 1. The number of hydrogen-bond donors (Lipinski definition) is 2. The Labute approximate surface area is 204 Å². The first-order valence-corrected chi connectivity index (χ1v) is 12.4. The van der Waals surface area contributed by atoms with Crippen molar-refractivity contribution in [1.82, 2.24) is 19.5 Å². The van der Waals surface area contributed by atoms with Crippen molar-refractivity contribution in [2.75, 3.05) is 34.8 Å². The fraction of sp³-hybridized carbons (Fsp3) is 0.520. The van der Waals surface area contributed by atoms with E-state index in [2.05, 4.69) is 44.9 Å². The average Bonchev–Trinajstić information content (AvgIpc) is 3.41. The molecule has 2 N–H and O–H groups in total. The summed E-state index contributed by atoms with van der Waals surface area (Å²) in [6.07, 6.45) is 6.39. The van der Waals surface area contributed by atoms with Crippen LogP contribution >= 0.6 is 0 Å². The Morgan fingerprint density at radius 3 is 2.83 bits per heavy atom. The van der Waals surface area contributed by atoms with Crippen LogP contribution in [0, 0.1) is 0 Å². The van der Waals surface area contributed by atoms with Gasteiger partial charge in [-0.25, -0.2) is 14.4 Å². The highest BCUT2D eigenvalue weighted by atomic mass is 19.1. The lowest BCUT2D eigenvalue weighted by Crippen LogP contribution is -2.26. The maximum absolute atomic E-state index is 13.9. The van der Waals surface area contributed by atoms with E-state index < -0.39 is 12.3 Å². The summed E-state index contributed by atoms with van der Waals surface area (Å²) in [7, 11) is 0. The van der Waals surface area contributed by atoms with E-state index in [4.69, 9.17) is 0 Å². The second-order valence-electron chi connectivity index (χ2n) is 9.43. The second kappa shape index (κ2) is 9.77. The van der Waals surface area contributed by atoms with Crippen molar-refractivity contribution in [2.24, 2.45) is 0 Å². The Balaban J connectivity index is 1.43. The molecule has 5 rings (SSSR count). The van der Waals surface area contributed by atoms with Gasteiger partial charge in [0.15, 0.2) is 0 Å². The third kappa shape index (κ3) is 4.67. The molecule has 0 spiro atoms.